The van der Waals surface area contributed by atoms with E-state index in [9.17, 15) is 4.79 Å². The second-order valence-corrected chi connectivity index (χ2v) is 3.00. The van der Waals surface area contributed by atoms with Crippen LogP contribution in [0.25, 0.3) is 0 Å². The van der Waals surface area contributed by atoms with Gasteiger partial charge in [0.1, 0.15) is 0 Å². The topological polar surface area (TPSA) is 32.3 Å². The molecule has 64 valence electrons. The van der Waals surface area contributed by atoms with Crippen molar-refractivity contribution in [3.8, 4) is 0 Å². The Hall–Kier alpha value is -0.570. The summed E-state index contributed by atoms with van der Waals surface area (Å²) in [4.78, 5) is 13.1. The van der Waals surface area contributed by atoms with Gasteiger partial charge in [-0.15, -0.1) is 0 Å². The number of nitrogens with one attached hydrogen (secondary N) is 1. The van der Waals surface area contributed by atoms with E-state index in [1.165, 1.54) is 0 Å². The maximum atomic E-state index is 11.2. The molecule has 1 atom stereocenters. The van der Waals surface area contributed by atoms with Crippen LogP contribution in [0.4, 0.5) is 0 Å². The fraction of sp³-hybridized carbons (Fsp3) is 0.875. The summed E-state index contributed by atoms with van der Waals surface area (Å²) in [7, 11) is 0. The summed E-state index contributed by atoms with van der Waals surface area (Å²) in [5.74, 6) is 0.242. The molecule has 1 unspecified atom stereocenters. The van der Waals surface area contributed by atoms with Crippen molar-refractivity contribution < 1.29 is 4.79 Å². The van der Waals surface area contributed by atoms with Crippen molar-refractivity contribution in [2.45, 2.75) is 32.9 Å². The van der Waals surface area contributed by atoms with Crippen LogP contribution in [0.1, 0.15) is 26.7 Å². The van der Waals surface area contributed by atoms with Crippen molar-refractivity contribution in [3.05, 3.63) is 0 Å². The predicted octanol–water partition coefficient (Wildman–Crippen LogP) is 0.564. The molecule has 0 aliphatic carbocycles. The molecule has 0 aromatic rings. The molecule has 1 aliphatic rings. The summed E-state index contributed by atoms with van der Waals surface area (Å²) in [5, 5.41) is 3.10. The monoisotopic (exact) mass is 156 g/mol. The summed E-state index contributed by atoms with van der Waals surface area (Å²) in [5.41, 5.74) is 0. The normalized spacial score (nSPS) is 24.7. The van der Waals surface area contributed by atoms with Crippen molar-refractivity contribution in [2.75, 3.05) is 13.1 Å². The average Bonchev–Trinajstić information content (AvgIpc) is 2.29. The van der Waals surface area contributed by atoms with Crippen molar-refractivity contribution >= 4 is 5.91 Å². The van der Waals surface area contributed by atoms with Gasteiger partial charge in [-0.1, -0.05) is 13.3 Å². The zero-order chi connectivity index (χ0) is 8.27. The van der Waals surface area contributed by atoms with Gasteiger partial charge in [0.05, 0.1) is 12.7 Å². The highest BCUT2D eigenvalue weighted by atomic mass is 16.2. The minimum atomic E-state index is 0.242. The Labute approximate surface area is 67.8 Å². The van der Waals surface area contributed by atoms with Crippen LogP contribution in [0.5, 0.6) is 0 Å². The molecule has 1 aliphatic heterocycles. The fourth-order valence-corrected chi connectivity index (χ4v) is 1.31. The number of amides is 1. The van der Waals surface area contributed by atoms with Crippen molar-refractivity contribution in [2.24, 2.45) is 0 Å². The van der Waals surface area contributed by atoms with Gasteiger partial charge in [-0.2, -0.15) is 0 Å². The Balaban J connectivity index is 2.35. The maximum Gasteiger partial charge on any atom is 0.237 e. The molecule has 3 nitrogen and oxygen atoms in total. The first kappa shape index (κ1) is 8.53. The second kappa shape index (κ2) is 3.72. The molecule has 1 saturated heterocycles. The van der Waals surface area contributed by atoms with E-state index < -0.39 is 0 Å². The van der Waals surface area contributed by atoms with E-state index in [1.807, 2.05) is 11.8 Å². The van der Waals surface area contributed by atoms with Crippen LogP contribution in [0.2, 0.25) is 0 Å². The highest BCUT2D eigenvalue weighted by molar-refractivity contribution is 5.80. The number of hydrogen-bond donors (Lipinski definition) is 1. The lowest BCUT2D eigenvalue weighted by molar-refractivity contribution is -0.127. The highest BCUT2D eigenvalue weighted by Crippen LogP contribution is 2.05. The molecular formula is C8H16N2O. The molecule has 1 fully saturated rings. The third kappa shape index (κ3) is 1.93. The highest BCUT2D eigenvalue weighted by Gasteiger charge is 2.25. The van der Waals surface area contributed by atoms with Gasteiger partial charge in [-0.3, -0.25) is 10.1 Å². The zero-order valence-electron chi connectivity index (χ0n) is 7.26. The summed E-state index contributed by atoms with van der Waals surface area (Å²) in [6, 6.07) is 0. The summed E-state index contributed by atoms with van der Waals surface area (Å²) < 4.78 is 0. The first-order valence-corrected chi connectivity index (χ1v) is 4.28. The molecule has 0 radical (unpaired) electrons. The quantitative estimate of drug-likeness (QED) is 0.647. The third-order valence-electron chi connectivity index (χ3n) is 2.09. The maximum absolute atomic E-state index is 11.2. The van der Waals surface area contributed by atoms with Crippen LogP contribution in [0.3, 0.4) is 0 Å². The van der Waals surface area contributed by atoms with Gasteiger partial charge in [0, 0.05) is 6.54 Å². The van der Waals surface area contributed by atoms with Gasteiger partial charge in [0.15, 0.2) is 0 Å². The van der Waals surface area contributed by atoms with Crippen LogP contribution in [-0.4, -0.2) is 30.1 Å². The van der Waals surface area contributed by atoms with Crippen LogP contribution in [0.15, 0.2) is 0 Å². The lowest BCUT2D eigenvalue weighted by Gasteiger charge is -2.20. The van der Waals surface area contributed by atoms with Crippen LogP contribution < -0.4 is 5.32 Å². The zero-order valence-corrected chi connectivity index (χ0v) is 7.26. The van der Waals surface area contributed by atoms with Gasteiger partial charge in [0.25, 0.3) is 0 Å². The number of nitrogens with zero attached hydrogens (tertiary/aromatic N) is 1. The number of unbranched alkanes of at least 4 members (excludes halogenated alkanes) is 1. The van der Waals surface area contributed by atoms with E-state index in [0.29, 0.717) is 6.54 Å². The Bertz CT molecular complexity index is 147. The van der Waals surface area contributed by atoms with Crippen LogP contribution in [0, 0.1) is 0 Å². The van der Waals surface area contributed by atoms with E-state index >= 15 is 0 Å². The molecule has 0 bridgehead atoms. The number of carbonyl (C=O) groups is 1. The smallest absolute Gasteiger partial charge is 0.237 e. The third-order valence-corrected chi connectivity index (χ3v) is 2.09. The van der Waals surface area contributed by atoms with E-state index in [-0.39, 0.29) is 12.1 Å². The average molecular weight is 156 g/mol. The summed E-state index contributed by atoms with van der Waals surface area (Å²) in [6.45, 7) is 5.59. The number of carbonyl (C=O) groups excluding carboxylic acids is 1. The van der Waals surface area contributed by atoms with Crippen molar-refractivity contribution in [1.29, 1.82) is 0 Å². The van der Waals surface area contributed by atoms with Crippen LogP contribution >= 0.6 is 0 Å². The molecular weight excluding hydrogens is 140 g/mol. The van der Waals surface area contributed by atoms with E-state index in [4.69, 9.17) is 0 Å². The van der Waals surface area contributed by atoms with Gasteiger partial charge in [-0.05, 0) is 13.3 Å². The lowest BCUT2D eigenvalue weighted by Crippen LogP contribution is -2.35. The van der Waals surface area contributed by atoms with Gasteiger partial charge in [-0.25, -0.2) is 0 Å². The molecule has 1 N–H and O–H groups in total. The molecule has 1 rings (SSSR count). The first-order valence-electron chi connectivity index (χ1n) is 4.28. The Kier molecular flexibility index (Phi) is 2.88. The van der Waals surface area contributed by atoms with Crippen molar-refractivity contribution in [1.82, 2.24) is 10.2 Å². The summed E-state index contributed by atoms with van der Waals surface area (Å²) in [6.07, 6.45) is 2.50. The molecule has 0 spiro atoms. The molecule has 3 heteroatoms. The number of hydrogen-bond acceptors (Lipinski definition) is 2. The van der Waals surface area contributed by atoms with Crippen molar-refractivity contribution in [3.63, 3.8) is 0 Å². The molecule has 0 aromatic heterocycles. The molecule has 11 heavy (non-hydrogen) atoms. The van der Waals surface area contributed by atoms with E-state index in [1.54, 1.807) is 0 Å². The lowest BCUT2D eigenvalue weighted by atomic mass is 10.3. The minimum Gasteiger partial charge on any atom is -0.326 e. The fourth-order valence-electron chi connectivity index (χ4n) is 1.31. The molecule has 0 saturated carbocycles. The van der Waals surface area contributed by atoms with E-state index in [0.717, 1.165) is 19.4 Å². The summed E-state index contributed by atoms with van der Waals surface area (Å²) >= 11 is 0. The molecule has 1 heterocycles. The Morgan fingerprint density at radius 1 is 1.73 bits per heavy atom. The first-order chi connectivity index (χ1) is 5.25. The minimum absolute atomic E-state index is 0.242. The predicted molar refractivity (Wildman–Crippen MR) is 44.1 cm³/mol. The SMILES string of the molecule is CCCCN1C(=O)CNC1C. The number of rotatable bonds is 3. The largest absolute Gasteiger partial charge is 0.326 e. The standard InChI is InChI=1S/C8H16N2O/c1-3-4-5-10-7(2)9-6-8(10)11/h7,9H,3-6H2,1-2H3. The van der Waals surface area contributed by atoms with E-state index in [2.05, 4.69) is 12.2 Å². The Morgan fingerprint density at radius 2 is 2.45 bits per heavy atom. The Morgan fingerprint density at radius 3 is 2.91 bits per heavy atom. The van der Waals surface area contributed by atoms with Crippen LogP contribution in [-0.2, 0) is 4.79 Å². The van der Waals surface area contributed by atoms with Gasteiger partial charge < -0.3 is 4.90 Å². The second-order valence-electron chi connectivity index (χ2n) is 3.00. The molecule has 1 amide bonds. The molecule has 0 aromatic carbocycles. The van der Waals surface area contributed by atoms with Gasteiger partial charge >= 0.3 is 0 Å². The van der Waals surface area contributed by atoms with Gasteiger partial charge in [0.2, 0.25) is 5.91 Å².